The second kappa shape index (κ2) is 7.07. The summed E-state index contributed by atoms with van der Waals surface area (Å²) in [7, 11) is 1.83. The molecule has 21 heavy (non-hydrogen) atoms. The minimum atomic E-state index is -0.456. The number of rotatable bonds is 5. The van der Waals surface area contributed by atoms with Gasteiger partial charge in [0.1, 0.15) is 18.2 Å². The first kappa shape index (κ1) is 15.3. The third-order valence-corrected chi connectivity index (χ3v) is 3.18. The number of hydrogen-bond acceptors (Lipinski definition) is 3. The van der Waals surface area contributed by atoms with Crippen LogP contribution in [0, 0.1) is 17.1 Å². The van der Waals surface area contributed by atoms with Crippen molar-refractivity contribution < 1.29 is 9.13 Å². The van der Waals surface area contributed by atoms with Gasteiger partial charge in [-0.3, -0.25) is 0 Å². The maximum Gasteiger partial charge on any atom is 0.142 e. The fraction of sp³-hybridized carbons (Fsp3) is 0.188. The van der Waals surface area contributed by atoms with Crippen molar-refractivity contribution in [2.75, 3.05) is 7.05 Å². The molecule has 3 nitrogen and oxygen atoms in total. The average Bonchev–Trinajstić information content (AvgIpc) is 2.46. The molecule has 0 amide bonds. The largest absolute Gasteiger partial charge is 0.487 e. The van der Waals surface area contributed by atoms with E-state index in [0.29, 0.717) is 22.9 Å². The van der Waals surface area contributed by atoms with E-state index in [1.54, 1.807) is 12.1 Å². The molecule has 2 aromatic rings. The maximum atomic E-state index is 13.4. The number of hydrogen-bond donors (Lipinski definition) is 1. The Kier molecular flexibility index (Phi) is 5.15. The number of para-hydroxylation sites is 1. The van der Waals surface area contributed by atoms with Crippen molar-refractivity contribution in [3.63, 3.8) is 0 Å². The molecule has 108 valence electrons. The fourth-order valence-corrected chi connectivity index (χ4v) is 2.25. The summed E-state index contributed by atoms with van der Waals surface area (Å²) in [5.74, 6) is 0.110. The summed E-state index contributed by atoms with van der Waals surface area (Å²) in [6.45, 7) is 0.759. The van der Waals surface area contributed by atoms with E-state index in [0.717, 1.165) is 5.56 Å². The molecule has 2 aromatic carbocycles. The van der Waals surface area contributed by atoms with Gasteiger partial charge < -0.3 is 10.1 Å². The topological polar surface area (TPSA) is 45.0 Å². The van der Waals surface area contributed by atoms with E-state index in [-0.39, 0.29) is 12.2 Å². The summed E-state index contributed by atoms with van der Waals surface area (Å²) in [5.41, 5.74) is 1.77. The highest BCUT2D eigenvalue weighted by molar-refractivity contribution is 6.32. The zero-order chi connectivity index (χ0) is 15.2. The van der Waals surface area contributed by atoms with Crippen LogP contribution in [0.15, 0.2) is 36.4 Å². The van der Waals surface area contributed by atoms with Crippen molar-refractivity contribution in [3.8, 4) is 11.8 Å². The van der Waals surface area contributed by atoms with E-state index < -0.39 is 5.82 Å². The Morgan fingerprint density at radius 1 is 1.33 bits per heavy atom. The smallest absolute Gasteiger partial charge is 0.142 e. The van der Waals surface area contributed by atoms with Gasteiger partial charge in [-0.05, 0) is 36.9 Å². The molecule has 5 heteroatoms. The maximum absolute atomic E-state index is 13.4. The van der Waals surface area contributed by atoms with E-state index in [1.807, 2.05) is 25.2 Å². The third kappa shape index (κ3) is 3.94. The molecule has 0 saturated carbocycles. The highest BCUT2D eigenvalue weighted by Gasteiger charge is 2.09. The van der Waals surface area contributed by atoms with Crippen molar-refractivity contribution in [3.05, 3.63) is 63.9 Å². The Morgan fingerprint density at radius 2 is 2.14 bits per heavy atom. The average molecular weight is 305 g/mol. The number of benzene rings is 2. The van der Waals surface area contributed by atoms with Crippen molar-refractivity contribution in [2.45, 2.75) is 13.2 Å². The lowest BCUT2D eigenvalue weighted by molar-refractivity contribution is 0.302. The SMILES string of the molecule is CNCc1cccc(Cl)c1OCc1cc(F)cc(C#N)c1. The summed E-state index contributed by atoms with van der Waals surface area (Å²) in [6.07, 6.45) is 0. The van der Waals surface area contributed by atoms with Gasteiger partial charge in [-0.25, -0.2) is 4.39 Å². The van der Waals surface area contributed by atoms with Gasteiger partial charge in [-0.1, -0.05) is 23.7 Å². The number of nitrogens with zero attached hydrogens (tertiary/aromatic N) is 1. The van der Waals surface area contributed by atoms with Crippen LogP contribution in [0.4, 0.5) is 4.39 Å². The highest BCUT2D eigenvalue weighted by atomic mass is 35.5. The summed E-state index contributed by atoms with van der Waals surface area (Å²) in [4.78, 5) is 0. The van der Waals surface area contributed by atoms with Gasteiger partial charge >= 0.3 is 0 Å². The van der Waals surface area contributed by atoms with Crippen molar-refractivity contribution in [1.29, 1.82) is 5.26 Å². The van der Waals surface area contributed by atoms with E-state index in [1.165, 1.54) is 12.1 Å². The van der Waals surface area contributed by atoms with Crippen LogP contribution in [-0.4, -0.2) is 7.05 Å². The lowest BCUT2D eigenvalue weighted by Gasteiger charge is -2.13. The van der Waals surface area contributed by atoms with Gasteiger partial charge in [0.25, 0.3) is 0 Å². The molecule has 1 N–H and O–H groups in total. The molecule has 0 aliphatic rings. The lowest BCUT2D eigenvalue weighted by atomic mass is 10.1. The monoisotopic (exact) mass is 304 g/mol. The highest BCUT2D eigenvalue weighted by Crippen LogP contribution is 2.29. The Bertz CT molecular complexity index is 682. The van der Waals surface area contributed by atoms with Crippen molar-refractivity contribution in [2.24, 2.45) is 0 Å². The second-order valence-corrected chi connectivity index (χ2v) is 4.91. The standard InChI is InChI=1S/C16H14ClFN2O/c1-20-9-13-3-2-4-15(17)16(13)21-10-12-5-11(8-19)6-14(18)7-12/h2-7,20H,9-10H2,1H3. The number of nitriles is 1. The van der Waals surface area contributed by atoms with Crippen molar-refractivity contribution >= 4 is 11.6 Å². The zero-order valence-electron chi connectivity index (χ0n) is 11.5. The molecule has 0 aliphatic heterocycles. The Hall–Kier alpha value is -2.09. The lowest BCUT2D eigenvalue weighted by Crippen LogP contribution is -2.08. The number of nitrogens with one attached hydrogen (secondary N) is 1. The van der Waals surface area contributed by atoms with Gasteiger partial charge in [-0.2, -0.15) is 5.26 Å². The minimum absolute atomic E-state index is 0.146. The van der Waals surface area contributed by atoms with Crippen LogP contribution in [-0.2, 0) is 13.2 Å². The number of halogens is 2. The van der Waals surface area contributed by atoms with Crippen LogP contribution < -0.4 is 10.1 Å². The molecule has 0 unspecified atom stereocenters. The molecular formula is C16H14ClFN2O. The molecule has 0 bridgehead atoms. The first-order valence-electron chi connectivity index (χ1n) is 6.38. The molecule has 2 rings (SSSR count). The normalized spacial score (nSPS) is 10.2. The first-order valence-corrected chi connectivity index (χ1v) is 6.76. The van der Waals surface area contributed by atoms with Crippen LogP contribution >= 0.6 is 11.6 Å². The Labute approximate surface area is 127 Å². The molecule has 0 spiro atoms. The first-order chi connectivity index (χ1) is 10.1. The van der Waals surface area contributed by atoms with Gasteiger partial charge in [-0.15, -0.1) is 0 Å². The minimum Gasteiger partial charge on any atom is -0.487 e. The fourth-order valence-electron chi connectivity index (χ4n) is 2.00. The molecule has 0 aliphatic carbocycles. The van der Waals surface area contributed by atoms with Gasteiger partial charge in [0.2, 0.25) is 0 Å². The quantitative estimate of drug-likeness (QED) is 0.917. The second-order valence-electron chi connectivity index (χ2n) is 4.51. The van der Waals surface area contributed by atoms with Crippen LogP contribution in [0.1, 0.15) is 16.7 Å². The molecule has 0 aromatic heterocycles. The Balaban J connectivity index is 2.20. The number of ether oxygens (including phenoxy) is 1. The summed E-state index contributed by atoms with van der Waals surface area (Å²) < 4.78 is 19.1. The molecular weight excluding hydrogens is 291 g/mol. The zero-order valence-corrected chi connectivity index (χ0v) is 12.2. The molecule has 0 radical (unpaired) electrons. The summed E-state index contributed by atoms with van der Waals surface area (Å²) in [6, 6.07) is 11.5. The molecule has 0 atom stereocenters. The Morgan fingerprint density at radius 3 is 2.86 bits per heavy atom. The third-order valence-electron chi connectivity index (χ3n) is 2.89. The molecule has 0 fully saturated rings. The van der Waals surface area contributed by atoms with E-state index >= 15 is 0 Å². The van der Waals surface area contributed by atoms with Crippen LogP contribution in [0.5, 0.6) is 5.75 Å². The van der Waals surface area contributed by atoms with E-state index in [9.17, 15) is 4.39 Å². The van der Waals surface area contributed by atoms with Gasteiger partial charge in [0.15, 0.2) is 0 Å². The molecule has 0 heterocycles. The van der Waals surface area contributed by atoms with E-state index in [4.69, 9.17) is 21.6 Å². The van der Waals surface area contributed by atoms with Crippen LogP contribution in [0.2, 0.25) is 5.02 Å². The molecule has 0 saturated heterocycles. The van der Waals surface area contributed by atoms with Gasteiger partial charge in [0, 0.05) is 12.1 Å². The van der Waals surface area contributed by atoms with E-state index in [2.05, 4.69) is 5.32 Å². The summed E-state index contributed by atoms with van der Waals surface area (Å²) in [5, 5.41) is 12.4. The van der Waals surface area contributed by atoms with Crippen molar-refractivity contribution in [1.82, 2.24) is 5.32 Å². The predicted molar refractivity (Wildman–Crippen MR) is 79.7 cm³/mol. The predicted octanol–water partition coefficient (Wildman–Crippen LogP) is 3.65. The van der Waals surface area contributed by atoms with Crippen LogP contribution in [0.3, 0.4) is 0 Å². The van der Waals surface area contributed by atoms with Crippen LogP contribution in [0.25, 0.3) is 0 Å². The van der Waals surface area contributed by atoms with Gasteiger partial charge in [0.05, 0.1) is 16.7 Å². The summed E-state index contributed by atoms with van der Waals surface area (Å²) >= 11 is 6.14.